The number of pyridine rings is 2. The van der Waals surface area contributed by atoms with Gasteiger partial charge in [-0.25, -0.2) is 0 Å². The van der Waals surface area contributed by atoms with E-state index in [0.29, 0.717) is 5.92 Å². The fourth-order valence-corrected chi connectivity index (χ4v) is 2.71. The number of aromatic nitrogens is 2. The molecule has 3 rings (SSSR count). The molecule has 1 aliphatic carbocycles. The molecule has 0 saturated heterocycles. The number of hydrogen-bond acceptors (Lipinski definition) is 3. The van der Waals surface area contributed by atoms with Gasteiger partial charge >= 0.3 is 0 Å². The predicted octanol–water partition coefficient (Wildman–Crippen LogP) is 2.80. The number of amides is 1. The molecule has 3 atom stereocenters. The van der Waals surface area contributed by atoms with E-state index in [0.717, 1.165) is 17.7 Å². The monoisotopic (exact) mass is 281 g/mol. The molecular formula is C17H19N3O. The van der Waals surface area contributed by atoms with E-state index in [2.05, 4.69) is 9.97 Å². The van der Waals surface area contributed by atoms with Gasteiger partial charge in [0, 0.05) is 31.6 Å². The maximum Gasteiger partial charge on any atom is 0.226 e. The first-order chi connectivity index (χ1) is 10.2. The molecule has 21 heavy (non-hydrogen) atoms. The average Bonchev–Trinajstić information content (AvgIpc) is 3.35. The normalized spacial score (nSPS) is 21.6. The highest BCUT2D eigenvalue weighted by molar-refractivity contribution is 5.83. The van der Waals surface area contributed by atoms with Crippen molar-refractivity contribution in [3.63, 3.8) is 0 Å². The molecule has 0 aromatic carbocycles. The Morgan fingerprint density at radius 1 is 1.29 bits per heavy atom. The van der Waals surface area contributed by atoms with Crippen LogP contribution in [0.2, 0.25) is 0 Å². The zero-order chi connectivity index (χ0) is 14.8. The highest BCUT2D eigenvalue weighted by atomic mass is 16.2. The Bertz CT molecular complexity index is 614. The van der Waals surface area contributed by atoms with E-state index in [1.54, 1.807) is 12.4 Å². The Hall–Kier alpha value is -2.23. The summed E-state index contributed by atoms with van der Waals surface area (Å²) in [6.45, 7) is 2.02. The Labute approximate surface area is 124 Å². The van der Waals surface area contributed by atoms with Gasteiger partial charge in [-0.3, -0.25) is 14.8 Å². The minimum Gasteiger partial charge on any atom is -0.337 e. The first kappa shape index (κ1) is 13.7. The maximum absolute atomic E-state index is 12.6. The predicted molar refractivity (Wildman–Crippen MR) is 80.5 cm³/mol. The van der Waals surface area contributed by atoms with Crippen LogP contribution in [0.1, 0.15) is 36.6 Å². The molecule has 2 aromatic rings. The van der Waals surface area contributed by atoms with Crippen molar-refractivity contribution < 1.29 is 4.79 Å². The van der Waals surface area contributed by atoms with Crippen LogP contribution < -0.4 is 0 Å². The smallest absolute Gasteiger partial charge is 0.226 e. The standard InChI is InChI=1S/C17H19N3O/c1-12(16-7-3-4-9-19-16)20(2)17(21)15-10-14(15)13-6-5-8-18-11-13/h3-9,11-12,14-15H,10H2,1-2H3/t12-,14+,15-/m1/s1. The molecule has 1 fully saturated rings. The third-order valence-electron chi connectivity index (χ3n) is 4.26. The van der Waals surface area contributed by atoms with E-state index in [9.17, 15) is 4.79 Å². The molecule has 0 spiro atoms. The number of carbonyl (C=O) groups excluding carboxylic acids is 1. The molecule has 4 nitrogen and oxygen atoms in total. The lowest BCUT2D eigenvalue weighted by Gasteiger charge is -2.24. The van der Waals surface area contributed by atoms with E-state index in [4.69, 9.17) is 0 Å². The summed E-state index contributed by atoms with van der Waals surface area (Å²) < 4.78 is 0. The highest BCUT2D eigenvalue weighted by Gasteiger charge is 2.46. The van der Waals surface area contributed by atoms with Gasteiger partial charge in [-0.2, -0.15) is 0 Å². The van der Waals surface area contributed by atoms with E-state index in [-0.39, 0.29) is 17.9 Å². The summed E-state index contributed by atoms with van der Waals surface area (Å²) in [6.07, 6.45) is 6.31. The molecule has 1 saturated carbocycles. The summed E-state index contributed by atoms with van der Waals surface area (Å²) in [5.74, 6) is 0.608. The van der Waals surface area contributed by atoms with Crippen LogP contribution >= 0.6 is 0 Å². The number of rotatable bonds is 4. The van der Waals surface area contributed by atoms with Crippen molar-refractivity contribution in [1.29, 1.82) is 0 Å². The molecule has 4 heteroatoms. The lowest BCUT2D eigenvalue weighted by atomic mass is 10.1. The SMILES string of the molecule is C[C@H](c1ccccn1)N(C)C(=O)[C@@H]1C[C@H]1c1cccnc1. The van der Waals surface area contributed by atoms with Crippen LogP contribution in [0.15, 0.2) is 48.9 Å². The Balaban J connectivity index is 1.67. The second-order valence-electron chi connectivity index (χ2n) is 5.61. The van der Waals surface area contributed by atoms with Gasteiger partial charge in [0.1, 0.15) is 0 Å². The number of nitrogens with zero attached hydrogens (tertiary/aromatic N) is 3. The average molecular weight is 281 g/mol. The fourth-order valence-electron chi connectivity index (χ4n) is 2.71. The van der Waals surface area contributed by atoms with Crippen molar-refractivity contribution >= 4 is 5.91 Å². The topological polar surface area (TPSA) is 46.1 Å². The van der Waals surface area contributed by atoms with Crippen molar-refractivity contribution in [2.45, 2.75) is 25.3 Å². The Morgan fingerprint density at radius 2 is 2.14 bits per heavy atom. The van der Waals surface area contributed by atoms with Crippen LogP contribution in [0, 0.1) is 5.92 Å². The molecule has 0 bridgehead atoms. The molecule has 0 aliphatic heterocycles. The molecule has 1 aliphatic rings. The van der Waals surface area contributed by atoms with Gasteiger partial charge in [0.15, 0.2) is 0 Å². The maximum atomic E-state index is 12.6. The summed E-state index contributed by atoms with van der Waals surface area (Å²) in [5, 5.41) is 0. The fraction of sp³-hybridized carbons (Fsp3) is 0.353. The molecule has 0 N–H and O–H groups in total. The van der Waals surface area contributed by atoms with Crippen molar-refractivity contribution in [2.75, 3.05) is 7.05 Å². The van der Waals surface area contributed by atoms with E-state index >= 15 is 0 Å². The zero-order valence-corrected chi connectivity index (χ0v) is 12.3. The van der Waals surface area contributed by atoms with Crippen LogP contribution in [0.25, 0.3) is 0 Å². The second-order valence-corrected chi connectivity index (χ2v) is 5.61. The first-order valence-electron chi connectivity index (χ1n) is 7.26. The lowest BCUT2D eigenvalue weighted by molar-refractivity contribution is -0.133. The molecule has 2 heterocycles. The Kier molecular flexibility index (Phi) is 3.69. The van der Waals surface area contributed by atoms with Crippen molar-refractivity contribution in [1.82, 2.24) is 14.9 Å². The largest absolute Gasteiger partial charge is 0.337 e. The van der Waals surface area contributed by atoms with Crippen molar-refractivity contribution in [3.05, 3.63) is 60.2 Å². The van der Waals surface area contributed by atoms with Crippen LogP contribution in [-0.4, -0.2) is 27.8 Å². The summed E-state index contributed by atoms with van der Waals surface area (Å²) in [4.78, 5) is 22.9. The molecule has 1 amide bonds. The van der Waals surface area contributed by atoms with Gasteiger partial charge in [-0.15, -0.1) is 0 Å². The van der Waals surface area contributed by atoms with Crippen LogP contribution in [0.5, 0.6) is 0 Å². The van der Waals surface area contributed by atoms with Crippen molar-refractivity contribution in [3.8, 4) is 0 Å². The van der Waals surface area contributed by atoms with E-state index in [1.165, 1.54) is 0 Å². The molecule has 0 unspecified atom stereocenters. The van der Waals surface area contributed by atoms with Gasteiger partial charge in [0.05, 0.1) is 11.7 Å². The molecule has 2 aromatic heterocycles. The Morgan fingerprint density at radius 3 is 2.81 bits per heavy atom. The number of hydrogen-bond donors (Lipinski definition) is 0. The summed E-state index contributed by atoms with van der Waals surface area (Å²) in [7, 11) is 1.86. The zero-order valence-electron chi connectivity index (χ0n) is 12.3. The molecular weight excluding hydrogens is 262 g/mol. The number of carbonyl (C=O) groups is 1. The van der Waals surface area contributed by atoms with Crippen LogP contribution in [-0.2, 0) is 4.79 Å². The first-order valence-corrected chi connectivity index (χ1v) is 7.26. The third kappa shape index (κ3) is 2.79. The van der Waals surface area contributed by atoms with Crippen LogP contribution in [0.4, 0.5) is 0 Å². The minimum absolute atomic E-state index is 0.00570. The molecule has 108 valence electrons. The van der Waals surface area contributed by atoms with Gasteiger partial charge < -0.3 is 4.90 Å². The van der Waals surface area contributed by atoms with E-state index in [1.807, 2.05) is 55.4 Å². The second kappa shape index (κ2) is 5.64. The summed E-state index contributed by atoms with van der Waals surface area (Å²) >= 11 is 0. The summed E-state index contributed by atoms with van der Waals surface area (Å²) in [5.41, 5.74) is 2.08. The van der Waals surface area contributed by atoms with Gasteiger partial charge in [-0.05, 0) is 43.0 Å². The van der Waals surface area contributed by atoms with Gasteiger partial charge in [-0.1, -0.05) is 12.1 Å². The van der Waals surface area contributed by atoms with Gasteiger partial charge in [0.25, 0.3) is 0 Å². The highest BCUT2D eigenvalue weighted by Crippen LogP contribution is 2.48. The molecule has 0 radical (unpaired) electrons. The van der Waals surface area contributed by atoms with Crippen LogP contribution in [0.3, 0.4) is 0 Å². The minimum atomic E-state index is -0.00570. The van der Waals surface area contributed by atoms with E-state index < -0.39 is 0 Å². The van der Waals surface area contributed by atoms with Gasteiger partial charge in [0.2, 0.25) is 5.91 Å². The summed E-state index contributed by atoms with van der Waals surface area (Å²) in [6, 6.07) is 9.76. The van der Waals surface area contributed by atoms with Crippen molar-refractivity contribution in [2.24, 2.45) is 5.92 Å². The lowest BCUT2D eigenvalue weighted by Crippen LogP contribution is -2.31. The third-order valence-corrected chi connectivity index (χ3v) is 4.26. The quantitative estimate of drug-likeness (QED) is 0.865.